The number of aromatic nitrogens is 1. The number of carbonyl (C=O) groups is 2. The van der Waals surface area contributed by atoms with E-state index in [2.05, 4.69) is 21.7 Å². The molecule has 146 valence electrons. The zero-order valence-electron chi connectivity index (χ0n) is 16.3. The van der Waals surface area contributed by atoms with E-state index in [1.165, 1.54) is 11.8 Å². The highest BCUT2D eigenvalue weighted by molar-refractivity contribution is 7.99. The molecule has 28 heavy (non-hydrogen) atoms. The molecule has 1 aromatic carbocycles. The molecule has 2 aromatic rings. The van der Waals surface area contributed by atoms with Gasteiger partial charge in [-0.3, -0.25) is 9.59 Å². The number of para-hydroxylation sites is 1. The maximum Gasteiger partial charge on any atom is 0.252 e. The second kappa shape index (κ2) is 8.19. The summed E-state index contributed by atoms with van der Waals surface area (Å²) in [6.07, 6.45) is 2.04. The van der Waals surface area contributed by atoms with Crippen LogP contribution in [-0.4, -0.2) is 34.1 Å². The van der Waals surface area contributed by atoms with E-state index in [0.29, 0.717) is 10.6 Å². The van der Waals surface area contributed by atoms with Gasteiger partial charge in [-0.25, -0.2) is 4.98 Å². The van der Waals surface area contributed by atoms with Crippen LogP contribution < -0.4 is 10.6 Å². The zero-order valence-corrected chi connectivity index (χ0v) is 17.1. The summed E-state index contributed by atoms with van der Waals surface area (Å²) in [6, 6.07) is 11.7. The third kappa shape index (κ3) is 4.63. The maximum absolute atomic E-state index is 12.6. The summed E-state index contributed by atoms with van der Waals surface area (Å²) in [4.78, 5) is 29.6. The number of carbonyl (C=O) groups excluding carboxylic acids is 2. The summed E-state index contributed by atoms with van der Waals surface area (Å²) >= 11 is 1.26. The number of amides is 2. The van der Waals surface area contributed by atoms with Gasteiger partial charge in [0.15, 0.2) is 0 Å². The average molecular weight is 397 g/mol. The molecule has 0 radical (unpaired) electrons. The molecule has 0 saturated heterocycles. The van der Waals surface area contributed by atoms with E-state index in [0.717, 1.165) is 23.7 Å². The highest BCUT2D eigenvalue weighted by Crippen LogP contribution is 2.26. The Morgan fingerprint density at radius 2 is 2.07 bits per heavy atom. The summed E-state index contributed by atoms with van der Waals surface area (Å²) in [5.74, 6) is -0.229. The summed E-state index contributed by atoms with van der Waals surface area (Å²) in [5, 5.41) is 16.6. The Hall–Kier alpha value is -2.59. The lowest BCUT2D eigenvalue weighted by atomic mass is 9.90. The van der Waals surface area contributed by atoms with E-state index < -0.39 is 5.54 Å². The molecule has 1 heterocycles. The molecular formula is C21H24N4O2S. The second-order valence-electron chi connectivity index (χ2n) is 7.58. The molecule has 0 unspecified atom stereocenters. The number of thioether (sulfide) groups is 1. The lowest BCUT2D eigenvalue weighted by molar-refractivity contribution is -0.120. The van der Waals surface area contributed by atoms with Gasteiger partial charge < -0.3 is 10.6 Å². The van der Waals surface area contributed by atoms with Crippen molar-refractivity contribution in [3.05, 3.63) is 35.9 Å². The molecule has 0 aliphatic heterocycles. The molecule has 0 bridgehead atoms. The molecule has 2 amide bonds. The van der Waals surface area contributed by atoms with Gasteiger partial charge in [-0.1, -0.05) is 43.8 Å². The first kappa shape index (κ1) is 20.2. The second-order valence-corrected chi connectivity index (χ2v) is 8.57. The summed E-state index contributed by atoms with van der Waals surface area (Å²) < 4.78 is 0. The zero-order chi connectivity index (χ0) is 20.3. The fourth-order valence-corrected chi connectivity index (χ4v) is 3.39. The Balaban J connectivity index is 1.77. The SMILES string of the molecule is CC(C)[C@@](C)(C#N)NC(=O)CSc1cc(C(=O)NC2CC2)c2ccccc2n1. The van der Waals surface area contributed by atoms with Gasteiger partial charge in [0.2, 0.25) is 5.91 Å². The lowest BCUT2D eigenvalue weighted by Gasteiger charge is -2.27. The number of rotatable bonds is 7. The van der Waals surface area contributed by atoms with E-state index in [1.807, 2.05) is 38.1 Å². The smallest absolute Gasteiger partial charge is 0.252 e. The first-order valence-electron chi connectivity index (χ1n) is 9.38. The van der Waals surface area contributed by atoms with Crippen LogP contribution in [0.2, 0.25) is 0 Å². The molecule has 1 fully saturated rings. The van der Waals surface area contributed by atoms with Gasteiger partial charge in [-0.15, -0.1) is 0 Å². The van der Waals surface area contributed by atoms with E-state index in [4.69, 9.17) is 0 Å². The molecule has 1 saturated carbocycles. The maximum atomic E-state index is 12.6. The number of nitrogens with one attached hydrogen (secondary N) is 2. The van der Waals surface area contributed by atoms with Crippen molar-refractivity contribution in [3.63, 3.8) is 0 Å². The quantitative estimate of drug-likeness (QED) is 0.701. The van der Waals surface area contributed by atoms with Crippen molar-refractivity contribution in [1.29, 1.82) is 5.26 Å². The van der Waals surface area contributed by atoms with Crippen LogP contribution in [0.5, 0.6) is 0 Å². The van der Waals surface area contributed by atoms with Crippen LogP contribution in [0.25, 0.3) is 10.9 Å². The molecule has 7 heteroatoms. The van der Waals surface area contributed by atoms with E-state index in [-0.39, 0.29) is 29.5 Å². The van der Waals surface area contributed by atoms with Crippen molar-refractivity contribution >= 4 is 34.5 Å². The largest absolute Gasteiger partial charge is 0.349 e. The number of hydrogen-bond donors (Lipinski definition) is 2. The average Bonchev–Trinajstić information content (AvgIpc) is 3.49. The number of pyridine rings is 1. The third-order valence-electron chi connectivity index (χ3n) is 4.99. The van der Waals surface area contributed by atoms with Gasteiger partial charge in [0.05, 0.1) is 27.9 Å². The predicted octanol–water partition coefficient (Wildman–Crippen LogP) is 3.27. The van der Waals surface area contributed by atoms with Crippen molar-refractivity contribution in [1.82, 2.24) is 15.6 Å². The Morgan fingerprint density at radius 1 is 1.36 bits per heavy atom. The minimum Gasteiger partial charge on any atom is -0.349 e. The van der Waals surface area contributed by atoms with Crippen molar-refractivity contribution in [2.45, 2.75) is 50.2 Å². The number of nitriles is 1. The van der Waals surface area contributed by atoms with Crippen LogP contribution in [0, 0.1) is 17.2 Å². The van der Waals surface area contributed by atoms with Crippen LogP contribution in [0.15, 0.2) is 35.4 Å². The van der Waals surface area contributed by atoms with Crippen LogP contribution in [0.4, 0.5) is 0 Å². The van der Waals surface area contributed by atoms with Gasteiger partial charge in [0.25, 0.3) is 5.91 Å². The molecule has 1 aromatic heterocycles. The molecule has 1 atom stereocenters. The fourth-order valence-electron chi connectivity index (χ4n) is 2.67. The van der Waals surface area contributed by atoms with Crippen LogP contribution in [0.1, 0.15) is 44.0 Å². The monoisotopic (exact) mass is 396 g/mol. The van der Waals surface area contributed by atoms with Gasteiger partial charge >= 0.3 is 0 Å². The number of hydrogen-bond acceptors (Lipinski definition) is 5. The van der Waals surface area contributed by atoms with E-state index in [9.17, 15) is 14.9 Å². The number of benzene rings is 1. The van der Waals surface area contributed by atoms with Crippen LogP contribution >= 0.6 is 11.8 Å². The minimum atomic E-state index is -0.913. The Bertz CT molecular complexity index is 949. The van der Waals surface area contributed by atoms with Crippen molar-refractivity contribution < 1.29 is 9.59 Å². The number of nitrogens with zero attached hydrogens (tertiary/aromatic N) is 2. The molecule has 3 rings (SSSR count). The van der Waals surface area contributed by atoms with Gasteiger partial charge in [-0.05, 0) is 37.8 Å². The van der Waals surface area contributed by atoms with Gasteiger partial charge in [0, 0.05) is 11.4 Å². The third-order valence-corrected chi connectivity index (χ3v) is 5.90. The predicted molar refractivity (Wildman–Crippen MR) is 110 cm³/mol. The number of fused-ring (bicyclic) bond motifs is 1. The highest BCUT2D eigenvalue weighted by Gasteiger charge is 2.30. The summed E-state index contributed by atoms with van der Waals surface area (Å²) in [7, 11) is 0. The van der Waals surface area contributed by atoms with E-state index >= 15 is 0 Å². The van der Waals surface area contributed by atoms with E-state index in [1.54, 1.807) is 13.0 Å². The molecular weight excluding hydrogens is 372 g/mol. The lowest BCUT2D eigenvalue weighted by Crippen LogP contribution is -2.49. The van der Waals surface area contributed by atoms with Crippen molar-refractivity contribution in [2.75, 3.05) is 5.75 Å². The standard InChI is InChI=1S/C21H24N4O2S/c1-13(2)21(3,12-22)25-18(26)11-28-19-10-16(20(27)23-14-8-9-14)15-6-4-5-7-17(15)24-19/h4-7,10,13-14H,8-9,11H2,1-3H3,(H,23,27)(H,25,26)/t21-/m1/s1. The topological polar surface area (TPSA) is 94.9 Å². The summed E-state index contributed by atoms with van der Waals surface area (Å²) in [5.41, 5.74) is 0.381. The molecule has 1 aliphatic carbocycles. The first-order valence-corrected chi connectivity index (χ1v) is 10.4. The Labute approximate surface area is 169 Å². The van der Waals surface area contributed by atoms with Gasteiger partial charge in [-0.2, -0.15) is 5.26 Å². The molecule has 0 spiro atoms. The molecule has 2 N–H and O–H groups in total. The fraction of sp³-hybridized carbons (Fsp3) is 0.429. The highest BCUT2D eigenvalue weighted by atomic mass is 32.2. The Morgan fingerprint density at radius 3 is 2.71 bits per heavy atom. The Kier molecular flexibility index (Phi) is 5.90. The minimum absolute atomic E-state index is 0.0111. The van der Waals surface area contributed by atoms with Crippen LogP contribution in [0.3, 0.4) is 0 Å². The normalized spacial score (nSPS) is 15.7. The van der Waals surface area contributed by atoms with Crippen molar-refractivity contribution in [3.8, 4) is 6.07 Å². The molecule has 6 nitrogen and oxygen atoms in total. The first-order chi connectivity index (χ1) is 13.3. The molecule has 1 aliphatic rings. The van der Waals surface area contributed by atoms with Gasteiger partial charge in [0.1, 0.15) is 5.54 Å². The summed E-state index contributed by atoms with van der Waals surface area (Å²) in [6.45, 7) is 5.51. The van der Waals surface area contributed by atoms with Crippen LogP contribution in [-0.2, 0) is 4.79 Å². The van der Waals surface area contributed by atoms with Crippen molar-refractivity contribution in [2.24, 2.45) is 5.92 Å².